The molecule has 2 atom stereocenters. The number of fused-ring (bicyclic) bond motifs is 1. The van der Waals surface area contributed by atoms with Crippen molar-refractivity contribution < 1.29 is 9.15 Å². The van der Waals surface area contributed by atoms with Gasteiger partial charge in [-0.1, -0.05) is 0 Å². The van der Waals surface area contributed by atoms with Gasteiger partial charge in [-0.2, -0.15) is 4.98 Å². The lowest BCUT2D eigenvalue weighted by atomic mass is 10.0. The number of halogens is 1. The molecule has 4 rings (SSSR count). The number of aryl methyl sites for hydroxylation is 1. The summed E-state index contributed by atoms with van der Waals surface area (Å²) in [4.78, 5) is 9.90. The Morgan fingerprint density at radius 3 is 3.08 bits per heavy atom. The number of hydrogen-bond donors (Lipinski definition) is 2. The molecule has 0 amide bonds. The molecule has 3 N–H and O–H groups in total. The van der Waals surface area contributed by atoms with Gasteiger partial charge in [0.05, 0.1) is 23.0 Å². The van der Waals surface area contributed by atoms with Crippen molar-refractivity contribution in [2.75, 3.05) is 11.9 Å². The molecule has 0 aliphatic carbocycles. The molecule has 25 heavy (non-hydrogen) atoms. The zero-order valence-electron chi connectivity index (χ0n) is 13.8. The van der Waals surface area contributed by atoms with Crippen molar-refractivity contribution in [3.8, 4) is 0 Å². The molecule has 0 radical (unpaired) electrons. The smallest absolute Gasteiger partial charge is 0.224 e. The van der Waals surface area contributed by atoms with E-state index in [0.29, 0.717) is 12.4 Å². The number of hydrogen-bond acceptors (Lipinski definition) is 7. The van der Waals surface area contributed by atoms with Crippen LogP contribution in [0.3, 0.4) is 0 Å². The molecule has 3 aromatic rings. The minimum Gasteiger partial charge on any atom is -0.467 e. The van der Waals surface area contributed by atoms with Gasteiger partial charge < -0.3 is 20.2 Å². The van der Waals surface area contributed by atoms with Gasteiger partial charge in [-0.05, 0) is 49.1 Å². The average Bonchev–Trinajstić information content (AvgIpc) is 3.22. The zero-order chi connectivity index (χ0) is 17.4. The van der Waals surface area contributed by atoms with Crippen LogP contribution in [0.2, 0.25) is 5.28 Å². The van der Waals surface area contributed by atoms with Gasteiger partial charge in [-0.25, -0.2) is 4.98 Å². The minimum absolute atomic E-state index is 0.00321. The number of nitrogens with two attached hydrogens (primary N) is 1. The fourth-order valence-electron chi connectivity index (χ4n) is 3.13. The Labute approximate surface area is 154 Å². The Kier molecular flexibility index (Phi) is 4.64. The molecular formula is C17H19ClN4O2S. The summed E-state index contributed by atoms with van der Waals surface area (Å²) in [6, 6.07) is 3.77. The van der Waals surface area contributed by atoms with E-state index in [1.807, 2.05) is 19.1 Å². The zero-order valence-corrected chi connectivity index (χ0v) is 15.4. The highest BCUT2D eigenvalue weighted by atomic mass is 35.5. The van der Waals surface area contributed by atoms with Crippen molar-refractivity contribution in [1.82, 2.24) is 9.97 Å². The third kappa shape index (κ3) is 3.25. The van der Waals surface area contributed by atoms with Crippen LogP contribution in [0.15, 0.2) is 22.8 Å². The molecule has 6 nitrogen and oxygen atoms in total. The first-order valence-corrected chi connectivity index (χ1v) is 9.43. The highest BCUT2D eigenvalue weighted by molar-refractivity contribution is 7.19. The van der Waals surface area contributed by atoms with E-state index in [4.69, 9.17) is 26.5 Å². The molecule has 8 heteroatoms. The molecule has 0 saturated carbocycles. The Hall–Kier alpha value is -1.67. The maximum Gasteiger partial charge on any atom is 0.224 e. The molecule has 0 unspecified atom stereocenters. The van der Waals surface area contributed by atoms with Crippen molar-refractivity contribution in [2.24, 2.45) is 5.73 Å². The highest BCUT2D eigenvalue weighted by Gasteiger charge is 2.29. The predicted molar refractivity (Wildman–Crippen MR) is 99.1 cm³/mol. The number of thiophene rings is 1. The number of rotatable bonds is 4. The van der Waals surface area contributed by atoms with Crippen molar-refractivity contribution in [3.05, 3.63) is 39.9 Å². The maximum absolute atomic E-state index is 6.28. The Morgan fingerprint density at radius 1 is 1.44 bits per heavy atom. The third-order valence-electron chi connectivity index (χ3n) is 4.41. The Balaban J connectivity index is 1.72. The Bertz CT molecular complexity index is 881. The summed E-state index contributed by atoms with van der Waals surface area (Å²) >= 11 is 7.77. The van der Waals surface area contributed by atoms with Gasteiger partial charge in [0, 0.05) is 17.5 Å². The second kappa shape index (κ2) is 6.92. The molecule has 0 spiro atoms. The highest BCUT2D eigenvalue weighted by Crippen LogP contribution is 2.41. The van der Waals surface area contributed by atoms with Gasteiger partial charge in [0.2, 0.25) is 5.28 Å². The second-order valence-electron chi connectivity index (χ2n) is 6.14. The molecule has 1 aliphatic rings. The molecule has 132 valence electrons. The summed E-state index contributed by atoms with van der Waals surface area (Å²) in [6.07, 6.45) is 3.52. The number of nitrogens with one attached hydrogen (secondary N) is 1. The standard InChI is InChI=1S/C17H19ClN4O2S/c1-9-12-15(25-14(9)13-11(19)5-3-7-24-13)16(22-17(18)21-12)20-8-10-4-2-6-23-10/h2,4,6,11,13H,3,5,7-8,19H2,1H3,(H,20,21,22)/t11-,13-/m0/s1. The molecule has 0 bridgehead atoms. The van der Waals surface area contributed by atoms with E-state index in [0.717, 1.165) is 45.9 Å². The van der Waals surface area contributed by atoms with Gasteiger partial charge in [-0.3, -0.25) is 0 Å². The van der Waals surface area contributed by atoms with Crippen LogP contribution in [0.25, 0.3) is 10.2 Å². The number of ether oxygens (including phenoxy) is 1. The normalized spacial score (nSPS) is 20.9. The minimum atomic E-state index is -0.0929. The lowest BCUT2D eigenvalue weighted by molar-refractivity contribution is 0.00207. The lowest BCUT2D eigenvalue weighted by Gasteiger charge is -2.28. The molecule has 1 fully saturated rings. The van der Waals surface area contributed by atoms with E-state index in [1.165, 1.54) is 0 Å². The monoisotopic (exact) mass is 378 g/mol. The van der Waals surface area contributed by atoms with Crippen LogP contribution in [0, 0.1) is 6.92 Å². The fraction of sp³-hybridized carbons (Fsp3) is 0.412. The van der Waals surface area contributed by atoms with Gasteiger partial charge >= 0.3 is 0 Å². The van der Waals surface area contributed by atoms with Crippen LogP contribution in [-0.4, -0.2) is 22.6 Å². The largest absolute Gasteiger partial charge is 0.467 e. The van der Waals surface area contributed by atoms with Crippen molar-refractivity contribution in [2.45, 2.75) is 38.5 Å². The van der Waals surface area contributed by atoms with E-state index in [1.54, 1.807) is 17.6 Å². The maximum atomic E-state index is 6.28. The molecule has 3 aromatic heterocycles. The van der Waals surface area contributed by atoms with Gasteiger partial charge in [0.25, 0.3) is 0 Å². The first-order chi connectivity index (χ1) is 12.1. The van der Waals surface area contributed by atoms with Crippen LogP contribution >= 0.6 is 22.9 Å². The molecule has 4 heterocycles. The van der Waals surface area contributed by atoms with Crippen LogP contribution in [0.1, 0.15) is 35.1 Å². The van der Waals surface area contributed by atoms with Crippen molar-refractivity contribution in [1.29, 1.82) is 0 Å². The first-order valence-electron chi connectivity index (χ1n) is 8.23. The summed E-state index contributed by atoms with van der Waals surface area (Å²) in [5, 5.41) is 3.51. The molecule has 1 saturated heterocycles. The molecular weight excluding hydrogens is 360 g/mol. The SMILES string of the molecule is Cc1c([C@H]2OCCC[C@@H]2N)sc2c(NCc3ccco3)nc(Cl)nc12. The summed E-state index contributed by atoms with van der Waals surface area (Å²) in [6.45, 7) is 3.31. The van der Waals surface area contributed by atoms with E-state index in [2.05, 4.69) is 15.3 Å². The fourth-order valence-corrected chi connectivity index (χ4v) is 4.63. The van der Waals surface area contributed by atoms with E-state index in [9.17, 15) is 0 Å². The lowest BCUT2D eigenvalue weighted by Crippen LogP contribution is -2.34. The van der Waals surface area contributed by atoms with Crippen molar-refractivity contribution in [3.63, 3.8) is 0 Å². The van der Waals surface area contributed by atoms with Crippen LogP contribution in [0.4, 0.5) is 5.82 Å². The quantitative estimate of drug-likeness (QED) is 0.666. The van der Waals surface area contributed by atoms with Gasteiger partial charge in [0.15, 0.2) is 0 Å². The summed E-state index contributed by atoms with van der Waals surface area (Å²) in [7, 11) is 0. The molecule has 1 aliphatic heterocycles. The van der Waals surface area contributed by atoms with Crippen LogP contribution in [0.5, 0.6) is 0 Å². The topological polar surface area (TPSA) is 86.2 Å². The van der Waals surface area contributed by atoms with Gasteiger partial charge in [0.1, 0.15) is 17.7 Å². The third-order valence-corrected chi connectivity index (χ3v) is 5.93. The Morgan fingerprint density at radius 2 is 2.32 bits per heavy atom. The first kappa shape index (κ1) is 16.8. The summed E-state index contributed by atoms with van der Waals surface area (Å²) in [5.74, 6) is 1.53. The number of aromatic nitrogens is 2. The van der Waals surface area contributed by atoms with Gasteiger partial charge in [-0.15, -0.1) is 11.3 Å². The van der Waals surface area contributed by atoms with Crippen LogP contribution in [-0.2, 0) is 11.3 Å². The predicted octanol–water partition coefficient (Wildman–Crippen LogP) is 4.04. The van der Waals surface area contributed by atoms with E-state index < -0.39 is 0 Å². The number of furan rings is 1. The number of anilines is 1. The van der Waals surface area contributed by atoms with Crippen LogP contribution < -0.4 is 11.1 Å². The average molecular weight is 379 g/mol. The second-order valence-corrected chi connectivity index (χ2v) is 7.53. The molecule has 0 aromatic carbocycles. The summed E-state index contributed by atoms with van der Waals surface area (Å²) in [5.41, 5.74) is 8.20. The van der Waals surface area contributed by atoms with E-state index in [-0.39, 0.29) is 17.4 Å². The summed E-state index contributed by atoms with van der Waals surface area (Å²) < 4.78 is 12.3. The van der Waals surface area contributed by atoms with E-state index >= 15 is 0 Å². The van der Waals surface area contributed by atoms with Crippen molar-refractivity contribution >= 4 is 39.0 Å². The number of nitrogens with zero attached hydrogens (tertiary/aromatic N) is 2.